The molecule has 0 saturated carbocycles. The summed E-state index contributed by atoms with van der Waals surface area (Å²) in [6.07, 6.45) is 6.88. The summed E-state index contributed by atoms with van der Waals surface area (Å²) >= 11 is 0. The molecule has 0 bridgehead atoms. The third kappa shape index (κ3) is 4.28. The molecule has 1 aliphatic rings. The Morgan fingerprint density at radius 1 is 1.23 bits per heavy atom. The van der Waals surface area contributed by atoms with Crippen LogP contribution in [0.4, 0.5) is 4.79 Å². The second-order valence-electron chi connectivity index (χ2n) is 5.52. The molecule has 1 saturated heterocycles. The lowest BCUT2D eigenvalue weighted by molar-refractivity contribution is -0.129. The Bertz CT molecular complexity index is 795. The highest BCUT2D eigenvalue weighted by Gasteiger charge is 2.15. The van der Waals surface area contributed by atoms with E-state index in [-0.39, 0.29) is 11.7 Å². The first-order chi connectivity index (χ1) is 12.7. The number of ether oxygens (including phenoxy) is 3. The molecular weight excluding hydrogens is 338 g/mol. The van der Waals surface area contributed by atoms with E-state index in [1.807, 2.05) is 0 Å². The van der Waals surface area contributed by atoms with E-state index in [0.29, 0.717) is 37.6 Å². The molecule has 2 aromatic rings. The van der Waals surface area contributed by atoms with Gasteiger partial charge in [0.25, 0.3) is 0 Å². The number of imidazole rings is 1. The maximum atomic E-state index is 12.2. The Morgan fingerprint density at radius 3 is 2.73 bits per heavy atom. The van der Waals surface area contributed by atoms with Gasteiger partial charge in [-0.3, -0.25) is 4.79 Å². The van der Waals surface area contributed by atoms with Crippen LogP contribution in [0.1, 0.15) is 5.56 Å². The molecule has 0 unspecified atom stereocenters. The van der Waals surface area contributed by atoms with E-state index in [1.54, 1.807) is 29.2 Å². The number of methoxy groups -OCH3 is 1. The Kier molecular flexibility index (Phi) is 5.65. The van der Waals surface area contributed by atoms with Gasteiger partial charge in [-0.2, -0.15) is 0 Å². The number of carbonyl (C=O) groups is 2. The lowest BCUT2D eigenvalue weighted by Crippen LogP contribution is -2.39. The molecule has 1 amide bonds. The number of amides is 1. The van der Waals surface area contributed by atoms with Crippen LogP contribution in [0.25, 0.3) is 6.08 Å². The molecule has 0 radical (unpaired) electrons. The zero-order valence-electron chi connectivity index (χ0n) is 14.3. The minimum atomic E-state index is -0.605. The predicted octanol–water partition coefficient (Wildman–Crippen LogP) is 1.81. The van der Waals surface area contributed by atoms with Crippen LogP contribution in [0.3, 0.4) is 0 Å². The van der Waals surface area contributed by atoms with Crippen LogP contribution in [0, 0.1) is 0 Å². The van der Waals surface area contributed by atoms with Crippen molar-refractivity contribution in [3.63, 3.8) is 0 Å². The van der Waals surface area contributed by atoms with Gasteiger partial charge < -0.3 is 19.1 Å². The Balaban J connectivity index is 1.73. The summed E-state index contributed by atoms with van der Waals surface area (Å²) in [6.45, 7) is 2.27. The molecule has 0 N–H and O–H groups in total. The van der Waals surface area contributed by atoms with Crippen molar-refractivity contribution in [1.29, 1.82) is 0 Å². The van der Waals surface area contributed by atoms with Crippen LogP contribution < -0.4 is 9.47 Å². The number of benzene rings is 1. The first-order valence-electron chi connectivity index (χ1n) is 8.10. The topological polar surface area (TPSA) is 82.9 Å². The Hall–Kier alpha value is -3.13. The summed E-state index contributed by atoms with van der Waals surface area (Å²) in [5.41, 5.74) is 0.709. The maximum Gasteiger partial charge on any atom is 0.424 e. The number of hydrogen-bond acceptors (Lipinski definition) is 6. The average molecular weight is 357 g/mol. The number of morpholine rings is 1. The molecule has 3 rings (SSSR count). The van der Waals surface area contributed by atoms with Gasteiger partial charge >= 0.3 is 6.09 Å². The first kappa shape index (κ1) is 17.7. The average Bonchev–Trinajstić information content (AvgIpc) is 3.22. The number of aromatic nitrogens is 2. The van der Waals surface area contributed by atoms with Crippen LogP contribution in [0.2, 0.25) is 0 Å². The van der Waals surface area contributed by atoms with Crippen molar-refractivity contribution in [3.8, 4) is 11.5 Å². The fraction of sp³-hybridized carbons (Fsp3) is 0.278. The van der Waals surface area contributed by atoms with E-state index in [9.17, 15) is 9.59 Å². The van der Waals surface area contributed by atoms with Gasteiger partial charge in [-0.15, -0.1) is 0 Å². The quantitative estimate of drug-likeness (QED) is 0.776. The highest BCUT2D eigenvalue weighted by molar-refractivity contribution is 5.92. The van der Waals surface area contributed by atoms with E-state index in [2.05, 4.69) is 4.98 Å². The number of rotatable bonds is 4. The van der Waals surface area contributed by atoms with Crippen molar-refractivity contribution in [2.45, 2.75) is 0 Å². The lowest BCUT2D eigenvalue weighted by Gasteiger charge is -2.25. The molecule has 0 aliphatic carbocycles. The second kappa shape index (κ2) is 8.30. The first-order valence-corrected chi connectivity index (χ1v) is 8.10. The van der Waals surface area contributed by atoms with Crippen molar-refractivity contribution in [1.82, 2.24) is 14.5 Å². The van der Waals surface area contributed by atoms with Gasteiger partial charge in [-0.05, 0) is 23.8 Å². The van der Waals surface area contributed by atoms with Crippen LogP contribution >= 0.6 is 0 Å². The summed E-state index contributed by atoms with van der Waals surface area (Å²) in [5.74, 6) is 0.586. The highest BCUT2D eigenvalue weighted by atomic mass is 16.6. The van der Waals surface area contributed by atoms with Crippen LogP contribution in [-0.4, -0.2) is 59.9 Å². The van der Waals surface area contributed by atoms with Gasteiger partial charge in [0.2, 0.25) is 5.91 Å². The van der Waals surface area contributed by atoms with Crippen molar-refractivity contribution in [3.05, 3.63) is 48.6 Å². The predicted molar refractivity (Wildman–Crippen MR) is 93.1 cm³/mol. The molecule has 26 heavy (non-hydrogen) atoms. The number of nitrogens with zero attached hydrogens (tertiary/aromatic N) is 3. The molecule has 2 heterocycles. The lowest BCUT2D eigenvalue weighted by atomic mass is 10.2. The van der Waals surface area contributed by atoms with Crippen LogP contribution in [-0.2, 0) is 9.53 Å². The smallest absolute Gasteiger partial charge is 0.424 e. The standard InChI is InChI=1S/C18H19N3O5/c1-24-15-4-2-14(3-5-17(22)20-8-10-25-11-9-20)12-16(15)26-18(23)21-7-6-19-13-21/h2-7,12-13H,8-11H2,1H3/b5-3+. The van der Waals surface area contributed by atoms with Gasteiger partial charge in [0, 0.05) is 31.6 Å². The van der Waals surface area contributed by atoms with E-state index in [0.717, 1.165) is 0 Å². The second-order valence-corrected chi connectivity index (χ2v) is 5.52. The zero-order valence-corrected chi connectivity index (χ0v) is 14.3. The molecule has 8 heteroatoms. The van der Waals surface area contributed by atoms with Gasteiger partial charge in [0.1, 0.15) is 6.33 Å². The molecule has 1 fully saturated rings. The fourth-order valence-electron chi connectivity index (χ4n) is 2.45. The maximum absolute atomic E-state index is 12.2. The summed E-state index contributed by atoms with van der Waals surface area (Å²) in [7, 11) is 1.49. The van der Waals surface area contributed by atoms with Gasteiger partial charge in [-0.1, -0.05) is 6.07 Å². The van der Waals surface area contributed by atoms with Crippen molar-refractivity contribution < 1.29 is 23.8 Å². The van der Waals surface area contributed by atoms with Crippen molar-refractivity contribution in [2.75, 3.05) is 33.4 Å². The minimum absolute atomic E-state index is 0.0823. The monoisotopic (exact) mass is 357 g/mol. The summed E-state index contributed by atoms with van der Waals surface area (Å²) in [5, 5.41) is 0. The van der Waals surface area contributed by atoms with Crippen molar-refractivity contribution >= 4 is 18.1 Å². The number of carbonyl (C=O) groups excluding carboxylic acids is 2. The summed E-state index contributed by atoms with van der Waals surface area (Å²) in [4.78, 5) is 29.8. The SMILES string of the molecule is COc1ccc(/C=C/C(=O)N2CCOCC2)cc1OC(=O)n1ccnc1. The van der Waals surface area contributed by atoms with Gasteiger partial charge in [0.05, 0.1) is 20.3 Å². The molecule has 136 valence electrons. The Labute approximate surface area is 150 Å². The van der Waals surface area contributed by atoms with E-state index >= 15 is 0 Å². The molecule has 8 nitrogen and oxygen atoms in total. The molecule has 1 aliphatic heterocycles. The van der Waals surface area contributed by atoms with Gasteiger partial charge in [-0.25, -0.2) is 14.3 Å². The molecule has 1 aromatic heterocycles. The summed E-state index contributed by atoms with van der Waals surface area (Å²) in [6, 6.07) is 5.09. The van der Waals surface area contributed by atoms with E-state index in [1.165, 1.54) is 36.5 Å². The fourth-order valence-corrected chi connectivity index (χ4v) is 2.45. The normalized spacial score (nSPS) is 14.4. The van der Waals surface area contributed by atoms with Crippen molar-refractivity contribution in [2.24, 2.45) is 0 Å². The highest BCUT2D eigenvalue weighted by Crippen LogP contribution is 2.29. The molecule has 1 aromatic carbocycles. The largest absolute Gasteiger partial charge is 0.493 e. The Morgan fingerprint density at radius 2 is 2.04 bits per heavy atom. The van der Waals surface area contributed by atoms with Crippen LogP contribution in [0.15, 0.2) is 43.0 Å². The minimum Gasteiger partial charge on any atom is -0.493 e. The zero-order chi connectivity index (χ0) is 18.4. The molecular formula is C18H19N3O5. The molecule has 0 spiro atoms. The van der Waals surface area contributed by atoms with Crippen LogP contribution in [0.5, 0.6) is 11.5 Å². The van der Waals surface area contributed by atoms with E-state index in [4.69, 9.17) is 14.2 Å². The third-order valence-corrected chi connectivity index (χ3v) is 3.84. The third-order valence-electron chi connectivity index (χ3n) is 3.84. The number of hydrogen-bond donors (Lipinski definition) is 0. The van der Waals surface area contributed by atoms with E-state index < -0.39 is 6.09 Å². The van der Waals surface area contributed by atoms with Gasteiger partial charge in [0.15, 0.2) is 11.5 Å². The molecule has 0 atom stereocenters. The summed E-state index contributed by atoms with van der Waals surface area (Å²) < 4.78 is 17.0.